The molecule has 0 fully saturated rings. The highest BCUT2D eigenvalue weighted by Crippen LogP contribution is 2.30. The van der Waals surface area contributed by atoms with Crippen LogP contribution in [0.3, 0.4) is 0 Å². The number of benzene rings is 2. The largest absolute Gasteiger partial charge is 0.493 e. The van der Waals surface area contributed by atoms with Gasteiger partial charge in [-0.25, -0.2) is 9.59 Å². The summed E-state index contributed by atoms with van der Waals surface area (Å²) in [5.74, 6) is -0.800. The second-order valence-electron chi connectivity index (χ2n) is 4.94. The SMILES string of the molecule is COC(=O)C(C#N)=Cc1ccc(OC(=O)c2ccccc2Br)c(OC)c1. The van der Waals surface area contributed by atoms with Crippen LogP contribution in [0.1, 0.15) is 15.9 Å². The lowest BCUT2D eigenvalue weighted by atomic mass is 10.1. The molecule has 0 amide bonds. The Morgan fingerprint density at radius 1 is 1.12 bits per heavy atom. The second kappa shape index (κ2) is 8.83. The number of nitrogens with zero attached hydrogens (tertiary/aromatic N) is 1. The molecular weight excluding hydrogens is 402 g/mol. The van der Waals surface area contributed by atoms with Crippen LogP contribution in [0, 0.1) is 11.3 Å². The van der Waals surface area contributed by atoms with Gasteiger partial charge in [-0.05, 0) is 51.8 Å². The van der Waals surface area contributed by atoms with E-state index in [-0.39, 0.29) is 17.1 Å². The smallest absolute Gasteiger partial charge is 0.348 e. The number of esters is 2. The van der Waals surface area contributed by atoms with E-state index in [1.165, 1.54) is 26.4 Å². The Hall–Kier alpha value is -3.11. The zero-order valence-electron chi connectivity index (χ0n) is 14.0. The summed E-state index contributed by atoms with van der Waals surface area (Å²) >= 11 is 3.30. The number of carbonyl (C=O) groups is 2. The number of nitriles is 1. The highest BCUT2D eigenvalue weighted by molar-refractivity contribution is 9.10. The van der Waals surface area contributed by atoms with Gasteiger partial charge in [0.2, 0.25) is 0 Å². The minimum atomic E-state index is -0.740. The lowest BCUT2D eigenvalue weighted by Crippen LogP contribution is -2.10. The molecule has 2 rings (SSSR count). The summed E-state index contributed by atoms with van der Waals surface area (Å²) in [6, 6.07) is 13.3. The normalized spacial score (nSPS) is 10.6. The van der Waals surface area contributed by atoms with Gasteiger partial charge in [0, 0.05) is 4.47 Å². The predicted molar refractivity (Wildman–Crippen MR) is 97.7 cm³/mol. The van der Waals surface area contributed by atoms with Crippen molar-refractivity contribution in [1.82, 2.24) is 0 Å². The van der Waals surface area contributed by atoms with Crippen LogP contribution in [0.2, 0.25) is 0 Å². The standard InChI is InChI=1S/C19H14BrNO5/c1-24-17-10-12(9-13(11-21)18(22)25-2)7-8-16(17)26-19(23)14-5-3-4-6-15(14)20/h3-10H,1-2H3. The van der Waals surface area contributed by atoms with Crippen LogP contribution in [0.4, 0.5) is 0 Å². The Morgan fingerprint density at radius 3 is 2.46 bits per heavy atom. The third-order valence-corrected chi connectivity index (χ3v) is 4.01. The van der Waals surface area contributed by atoms with Crippen LogP contribution >= 0.6 is 15.9 Å². The van der Waals surface area contributed by atoms with Gasteiger partial charge in [0.05, 0.1) is 19.8 Å². The number of hydrogen-bond acceptors (Lipinski definition) is 6. The van der Waals surface area contributed by atoms with E-state index < -0.39 is 11.9 Å². The molecule has 0 saturated carbocycles. The molecule has 0 aliphatic rings. The summed E-state index contributed by atoms with van der Waals surface area (Å²) in [7, 11) is 2.61. The zero-order valence-corrected chi connectivity index (χ0v) is 15.6. The van der Waals surface area contributed by atoms with Gasteiger partial charge < -0.3 is 14.2 Å². The minimum absolute atomic E-state index is 0.160. The van der Waals surface area contributed by atoms with Crippen LogP contribution in [0.15, 0.2) is 52.5 Å². The average Bonchev–Trinajstić information content (AvgIpc) is 2.66. The number of methoxy groups -OCH3 is 2. The molecule has 0 heterocycles. The molecule has 0 aromatic heterocycles. The molecule has 6 nitrogen and oxygen atoms in total. The second-order valence-corrected chi connectivity index (χ2v) is 5.80. The molecule has 2 aromatic rings. The number of carbonyl (C=O) groups excluding carboxylic acids is 2. The summed E-state index contributed by atoms with van der Waals surface area (Å²) in [5.41, 5.74) is 0.730. The van der Waals surface area contributed by atoms with E-state index in [0.717, 1.165) is 0 Å². The van der Waals surface area contributed by atoms with Crippen LogP contribution in [-0.4, -0.2) is 26.2 Å². The van der Waals surface area contributed by atoms with E-state index in [2.05, 4.69) is 20.7 Å². The summed E-state index contributed by atoms with van der Waals surface area (Å²) < 4.78 is 15.8. The van der Waals surface area contributed by atoms with Crippen molar-refractivity contribution in [3.8, 4) is 17.6 Å². The fourth-order valence-electron chi connectivity index (χ4n) is 2.05. The van der Waals surface area contributed by atoms with Gasteiger partial charge in [-0.2, -0.15) is 5.26 Å². The molecule has 26 heavy (non-hydrogen) atoms. The van der Waals surface area contributed by atoms with E-state index in [0.29, 0.717) is 15.6 Å². The van der Waals surface area contributed by atoms with E-state index >= 15 is 0 Å². The van der Waals surface area contributed by atoms with Crippen molar-refractivity contribution in [3.05, 3.63) is 63.6 Å². The van der Waals surface area contributed by atoms with Crippen molar-refractivity contribution >= 4 is 33.9 Å². The fraction of sp³-hybridized carbons (Fsp3) is 0.105. The predicted octanol–water partition coefficient (Wildman–Crippen LogP) is 3.76. The maximum absolute atomic E-state index is 12.3. The summed E-state index contributed by atoms with van der Waals surface area (Å²) in [6.45, 7) is 0. The molecule has 0 N–H and O–H groups in total. The topological polar surface area (TPSA) is 85.6 Å². The quantitative estimate of drug-likeness (QED) is 0.319. The Bertz CT molecular complexity index is 914. The molecule has 7 heteroatoms. The lowest BCUT2D eigenvalue weighted by Gasteiger charge is -2.11. The molecule has 0 unspecified atom stereocenters. The third kappa shape index (κ3) is 4.49. The number of rotatable bonds is 5. The van der Waals surface area contributed by atoms with Crippen LogP contribution in [0.25, 0.3) is 6.08 Å². The Labute approximate surface area is 158 Å². The van der Waals surface area contributed by atoms with Gasteiger partial charge in [-0.3, -0.25) is 0 Å². The lowest BCUT2D eigenvalue weighted by molar-refractivity contribution is -0.135. The minimum Gasteiger partial charge on any atom is -0.493 e. The molecule has 0 spiro atoms. The van der Waals surface area contributed by atoms with Gasteiger partial charge >= 0.3 is 11.9 Å². The Morgan fingerprint density at radius 2 is 1.85 bits per heavy atom. The molecule has 0 radical (unpaired) electrons. The third-order valence-electron chi connectivity index (χ3n) is 3.32. The first-order valence-electron chi connectivity index (χ1n) is 7.35. The summed E-state index contributed by atoms with van der Waals surface area (Å²) in [4.78, 5) is 23.8. The summed E-state index contributed by atoms with van der Waals surface area (Å²) in [6.07, 6.45) is 1.35. The molecule has 2 aromatic carbocycles. The van der Waals surface area contributed by atoms with Crippen LogP contribution < -0.4 is 9.47 Å². The Balaban J connectivity index is 2.31. The van der Waals surface area contributed by atoms with Gasteiger partial charge in [-0.1, -0.05) is 18.2 Å². The number of hydrogen-bond donors (Lipinski definition) is 0. The first-order valence-corrected chi connectivity index (χ1v) is 8.14. The monoisotopic (exact) mass is 415 g/mol. The van der Waals surface area contributed by atoms with E-state index in [9.17, 15) is 9.59 Å². The van der Waals surface area contributed by atoms with Gasteiger partial charge in [0.1, 0.15) is 11.6 Å². The molecule has 0 saturated heterocycles. The van der Waals surface area contributed by atoms with Crippen molar-refractivity contribution in [2.45, 2.75) is 0 Å². The highest BCUT2D eigenvalue weighted by Gasteiger charge is 2.15. The molecule has 0 atom stereocenters. The van der Waals surface area contributed by atoms with Crippen LogP contribution in [0.5, 0.6) is 11.5 Å². The van der Waals surface area contributed by atoms with E-state index in [1.54, 1.807) is 42.5 Å². The highest BCUT2D eigenvalue weighted by atomic mass is 79.9. The Kier molecular flexibility index (Phi) is 6.53. The average molecular weight is 416 g/mol. The number of ether oxygens (including phenoxy) is 3. The molecular formula is C19H14BrNO5. The van der Waals surface area contributed by atoms with Crippen molar-refractivity contribution in [2.75, 3.05) is 14.2 Å². The van der Waals surface area contributed by atoms with E-state index in [1.807, 2.05) is 0 Å². The first kappa shape index (κ1) is 19.2. The van der Waals surface area contributed by atoms with Gasteiger partial charge in [0.15, 0.2) is 11.5 Å². The number of halogens is 1. The summed E-state index contributed by atoms with van der Waals surface area (Å²) in [5, 5.41) is 9.02. The van der Waals surface area contributed by atoms with Gasteiger partial charge in [-0.15, -0.1) is 0 Å². The molecule has 132 valence electrons. The van der Waals surface area contributed by atoms with Crippen molar-refractivity contribution in [3.63, 3.8) is 0 Å². The van der Waals surface area contributed by atoms with Crippen molar-refractivity contribution in [2.24, 2.45) is 0 Å². The van der Waals surface area contributed by atoms with E-state index in [4.69, 9.17) is 14.7 Å². The maximum Gasteiger partial charge on any atom is 0.348 e. The van der Waals surface area contributed by atoms with Gasteiger partial charge in [0.25, 0.3) is 0 Å². The zero-order chi connectivity index (χ0) is 19.1. The maximum atomic E-state index is 12.3. The van der Waals surface area contributed by atoms with Crippen molar-refractivity contribution < 1.29 is 23.8 Å². The first-order chi connectivity index (χ1) is 12.5. The van der Waals surface area contributed by atoms with Crippen LogP contribution in [-0.2, 0) is 9.53 Å². The fourth-order valence-corrected chi connectivity index (χ4v) is 2.50. The molecule has 0 aliphatic heterocycles. The molecule has 0 bridgehead atoms. The molecule has 0 aliphatic carbocycles. The van der Waals surface area contributed by atoms with Crippen molar-refractivity contribution in [1.29, 1.82) is 5.26 Å².